The summed E-state index contributed by atoms with van der Waals surface area (Å²) in [7, 11) is 1.44. The van der Waals surface area contributed by atoms with Gasteiger partial charge in [-0.25, -0.2) is 4.57 Å². The maximum absolute atomic E-state index is 13.4. The van der Waals surface area contributed by atoms with Gasteiger partial charge in [-0.1, -0.05) is 202 Å². The van der Waals surface area contributed by atoms with Crippen LogP contribution in [0.25, 0.3) is 0 Å². The molecule has 0 aliphatic carbocycles. The highest BCUT2D eigenvalue weighted by molar-refractivity contribution is 7.47. The molecule has 0 aliphatic heterocycles. The van der Waals surface area contributed by atoms with Crippen molar-refractivity contribution in [2.45, 2.75) is 219 Å². The van der Waals surface area contributed by atoms with Gasteiger partial charge in [0.2, 0.25) is 5.91 Å². The van der Waals surface area contributed by atoms with E-state index in [0.717, 1.165) is 83.5 Å². The molecule has 0 bridgehead atoms. The molecule has 3 atom stereocenters. The predicted octanol–water partition coefficient (Wildman–Crippen LogP) is 16.0. The Morgan fingerprint density at radius 2 is 1.01 bits per heavy atom. The van der Waals surface area contributed by atoms with Gasteiger partial charge in [-0.05, 0) is 89.5 Å². The third-order valence-corrected chi connectivity index (χ3v) is 12.3. The van der Waals surface area contributed by atoms with Gasteiger partial charge in [0.15, 0.2) is 0 Å². The van der Waals surface area contributed by atoms with Gasteiger partial charge < -0.3 is 19.4 Å². The molecule has 68 heavy (non-hydrogen) atoms. The lowest BCUT2D eigenvalue weighted by molar-refractivity contribution is -0.870. The number of allylic oxidation sites excluding steroid dienone is 15. The van der Waals surface area contributed by atoms with Crippen LogP contribution in [0.3, 0.4) is 0 Å². The molecule has 0 aliphatic rings. The number of carbonyl (C=O) groups is 2. The van der Waals surface area contributed by atoms with Gasteiger partial charge in [-0.15, -0.1) is 0 Å². The first-order chi connectivity index (χ1) is 32.9. The van der Waals surface area contributed by atoms with E-state index in [0.29, 0.717) is 30.3 Å². The molecule has 0 aromatic carbocycles. The molecule has 0 aromatic rings. The highest BCUT2D eigenvalue weighted by atomic mass is 31.2. The van der Waals surface area contributed by atoms with Crippen molar-refractivity contribution in [3.63, 3.8) is 0 Å². The van der Waals surface area contributed by atoms with Crippen LogP contribution in [-0.4, -0.2) is 74.3 Å². The number of esters is 1. The molecule has 0 radical (unpaired) electrons. The number of amides is 1. The van der Waals surface area contributed by atoms with E-state index >= 15 is 0 Å². The highest BCUT2D eigenvalue weighted by Gasteiger charge is 2.30. The molecule has 0 saturated heterocycles. The second-order valence-corrected chi connectivity index (χ2v) is 20.5. The normalized spacial score (nSPS) is 14.6. The van der Waals surface area contributed by atoms with Crippen LogP contribution in [0.2, 0.25) is 0 Å². The average Bonchev–Trinajstić information content (AvgIpc) is 3.29. The maximum Gasteiger partial charge on any atom is 0.472 e. The summed E-state index contributed by atoms with van der Waals surface area (Å²) < 4.78 is 30.5. The summed E-state index contributed by atoms with van der Waals surface area (Å²) in [5.41, 5.74) is 0. The fraction of sp³-hybridized carbons (Fsp3) is 0.690. The van der Waals surface area contributed by atoms with Crippen molar-refractivity contribution >= 4 is 19.7 Å². The molecule has 1 amide bonds. The molecule has 3 unspecified atom stereocenters. The van der Waals surface area contributed by atoms with Gasteiger partial charge in [0.25, 0.3) is 0 Å². The van der Waals surface area contributed by atoms with Crippen LogP contribution < -0.4 is 5.32 Å². The molecule has 0 heterocycles. The fourth-order valence-corrected chi connectivity index (χ4v) is 7.84. The van der Waals surface area contributed by atoms with Crippen LogP contribution in [0, 0.1) is 0 Å². The monoisotopic (exact) mass is 970 g/mol. The van der Waals surface area contributed by atoms with Gasteiger partial charge >= 0.3 is 13.8 Å². The van der Waals surface area contributed by atoms with Crippen molar-refractivity contribution in [3.05, 3.63) is 97.2 Å². The van der Waals surface area contributed by atoms with E-state index in [9.17, 15) is 19.0 Å². The zero-order valence-corrected chi connectivity index (χ0v) is 45.2. The minimum absolute atomic E-state index is 0.0227. The Morgan fingerprint density at radius 1 is 0.544 bits per heavy atom. The van der Waals surface area contributed by atoms with E-state index in [1.54, 1.807) is 0 Å². The van der Waals surface area contributed by atoms with Crippen LogP contribution in [0.15, 0.2) is 97.2 Å². The van der Waals surface area contributed by atoms with Gasteiger partial charge in [0.05, 0.1) is 33.8 Å². The molecular formula is C58H102N2O7P+. The SMILES string of the molecule is CC/C=C/C=C/C=C\CCCCCCCC(=O)NC(COP(=O)(O)OCC[N+](C)(C)C)C(/C=C/CCCCCCCCCCCC)OC(=O)CCC/C=C\C/C=C\C/C=C\C/C=C\CCCCC. The summed E-state index contributed by atoms with van der Waals surface area (Å²) in [4.78, 5) is 37.4. The molecule has 0 aromatic heterocycles. The van der Waals surface area contributed by atoms with E-state index in [2.05, 4.69) is 105 Å². The number of rotatable bonds is 47. The van der Waals surface area contributed by atoms with Crippen LogP contribution in [0.4, 0.5) is 0 Å². The van der Waals surface area contributed by atoms with Crippen molar-refractivity contribution in [3.8, 4) is 0 Å². The predicted molar refractivity (Wildman–Crippen MR) is 290 cm³/mol. The van der Waals surface area contributed by atoms with Gasteiger partial charge in [0.1, 0.15) is 19.3 Å². The van der Waals surface area contributed by atoms with E-state index in [1.807, 2.05) is 39.4 Å². The summed E-state index contributed by atoms with van der Waals surface area (Å²) in [6.45, 7) is 6.76. The molecule has 0 fully saturated rings. The van der Waals surface area contributed by atoms with E-state index in [4.69, 9.17) is 13.8 Å². The number of carbonyl (C=O) groups excluding carboxylic acids is 2. The molecular weight excluding hydrogens is 868 g/mol. The van der Waals surface area contributed by atoms with Crippen LogP contribution in [0.1, 0.15) is 207 Å². The van der Waals surface area contributed by atoms with Crippen molar-refractivity contribution in [1.82, 2.24) is 5.32 Å². The molecule has 10 heteroatoms. The van der Waals surface area contributed by atoms with Crippen molar-refractivity contribution in [2.75, 3.05) is 40.9 Å². The number of nitrogens with one attached hydrogen (secondary N) is 1. The second-order valence-electron chi connectivity index (χ2n) is 19.1. The first kappa shape index (κ1) is 64.9. The number of hydrogen-bond donors (Lipinski definition) is 2. The van der Waals surface area contributed by atoms with Crippen LogP contribution >= 0.6 is 7.82 Å². The van der Waals surface area contributed by atoms with Crippen molar-refractivity contribution < 1.29 is 37.3 Å². The van der Waals surface area contributed by atoms with Gasteiger partial charge in [-0.2, -0.15) is 0 Å². The Hall–Kier alpha value is -3.07. The standard InChI is InChI=1S/C58H101N2O7P/c1-7-10-13-16-19-22-25-28-29-30-31-33-36-39-42-45-48-51-58(62)67-56(49-46-43-40-37-34-27-24-21-18-15-12-9-3)55(54-66-68(63,64)65-53-52-60(4,5)6)59-57(61)50-47-44-41-38-35-32-26-23-20-17-14-11-8-2/h11,14,17,19-20,22-23,26,28-29,31,33,39,42,46,49,55-56H,7-10,12-13,15-16,18,21,24-25,27,30,32,34-38,40-41,43-45,47-48,50-54H2,1-6H3,(H-,59,61,63,64)/p+1/b14-11+,20-17+,22-19-,26-23-,29-28-,33-31-,42-39-,49-46+. The van der Waals surface area contributed by atoms with Crippen LogP contribution in [0.5, 0.6) is 0 Å². The summed E-state index contributed by atoms with van der Waals surface area (Å²) in [6.07, 6.45) is 62.7. The molecule has 390 valence electrons. The third-order valence-electron chi connectivity index (χ3n) is 11.3. The molecule has 0 spiro atoms. The minimum atomic E-state index is -4.46. The zero-order valence-electron chi connectivity index (χ0n) is 44.3. The number of unbranched alkanes of at least 4 members (excludes halogenated alkanes) is 19. The number of nitrogens with zero attached hydrogens (tertiary/aromatic N) is 1. The number of quaternary nitrogens is 1. The molecule has 9 nitrogen and oxygen atoms in total. The molecule has 0 saturated carbocycles. The van der Waals surface area contributed by atoms with Gasteiger partial charge in [0, 0.05) is 12.8 Å². The first-order valence-corrected chi connectivity index (χ1v) is 28.6. The van der Waals surface area contributed by atoms with Crippen molar-refractivity contribution in [1.29, 1.82) is 0 Å². The molecule has 0 rings (SSSR count). The smallest absolute Gasteiger partial charge is 0.456 e. The zero-order chi connectivity index (χ0) is 50.1. The Morgan fingerprint density at radius 3 is 1.59 bits per heavy atom. The maximum atomic E-state index is 13.4. The van der Waals surface area contributed by atoms with E-state index in [-0.39, 0.29) is 31.5 Å². The largest absolute Gasteiger partial charge is 0.472 e. The molecule has 2 N–H and O–H groups in total. The number of ether oxygens (including phenoxy) is 1. The van der Waals surface area contributed by atoms with E-state index < -0.39 is 20.0 Å². The summed E-state index contributed by atoms with van der Waals surface area (Å²) >= 11 is 0. The Bertz CT molecular complexity index is 1490. The van der Waals surface area contributed by atoms with Crippen molar-refractivity contribution in [2.24, 2.45) is 0 Å². The Kier molecular flexibility index (Phi) is 45.5. The lowest BCUT2D eigenvalue weighted by Gasteiger charge is -2.27. The van der Waals surface area contributed by atoms with E-state index in [1.165, 1.54) is 77.0 Å². The number of hydrogen-bond acceptors (Lipinski definition) is 6. The number of phosphoric ester groups is 1. The number of likely N-dealkylation sites (N-methyl/N-ethyl adjacent to an activating group) is 1. The van der Waals surface area contributed by atoms with Gasteiger partial charge in [-0.3, -0.25) is 18.6 Å². The summed E-state index contributed by atoms with van der Waals surface area (Å²) in [5.74, 6) is -0.604. The lowest BCUT2D eigenvalue weighted by Crippen LogP contribution is -2.47. The topological polar surface area (TPSA) is 111 Å². The first-order valence-electron chi connectivity index (χ1n) is 27.1. The Labute approximate surface area is 418 Å². The van der Waals surface area contributed by atoms with Crippen LogP contribution in [-0.2, 0) is 27.9 Å². The Balaban J connectivity index is 5.53. The highest BCUT2D eigenvalue weighted by Crippen LogP contribution is 2.43. The third kappa shape index (κ3) is 48.0. The quantitative estimate of drug-likeness (QED) is 0.0156. The second kappa shape index (κ2) is 47.6. The fourth-order valence-electron chi connectivity index (χ4n) is 7.11. The average molecular weight is 970 g/mol. The summed E-state index contributed by atoms with van der Waals surface area (Å²) in [5, 5.41) is 3.01. The minimum Gasteiger partial charge on any atom is -0.456 e. The summed E-state index contributed by atoms with van der Waals surface area (Å²) in [6, 6.07) is -0.885. The number of phosphoric acid groups is 1. The lowest BCUT2D eigenvalue weighted by atomic mass is 10.0.